The smallest absolute Gasteiger partial charge is 0.230 e. The summed E-state index contributed by atoms with van der Waals surface area (Å²) >= 11 is 1.47. The van der Waals surface area contributed by atoms with Crippen molar-refractivity contribution in [2.75, 3.05) is 19.5 Å². The highest BCUT2D eigenvalue weighted by Gasteiger charge is 2.12. The lowest BCUT2D eigenvalue weighted by Crippen LogP contribution is -2.14. The summed E-state index contributed by atoms with van der Waals surface area (Å²) < 4.78 is 16.5. The molecule has 0 bridgehead atoms. The Labute approximate surface area is 207 Å². The zero-order valence-corrected chi connectivity index (χ0v) is 20.1. The Morgan fingerprint density at radius 2 is 1.86 bits per heavy atom. The van der Waals surface area contributed by atoms with Gasteiger partial charge in [0, 0.05) is 22.7 Å². The number of hydrogen-bond acceptors (Lipinski definition) is 7. The highest BCUT2D eigenvalue weighted by atomic mass is 32.1. The topological polar surface area (TPSA) is 93.5 Å². The van der Waals surface area contributed by atoms with Crippen molar-refractivity contribution in [1.29, 1.82) is 5.26 Å². The van der Waals surface area contributed by atoms with Crippen molar-refractivity contribution in [3.8, 4) is 33.9 Å². The van der Waals surface area contributed by atoms with Gasteiger partial charge in [0.25, 0.3) is 0 Å². The molecule has 0 spiro atoms. The van der Waals surface area contributed by atoms with Gasteiger partial charge < -0.3 is 19.5 Å². The van der Waals surface area contributed by atoms with E-state index in [1.54, 1.807) is 38.5 Å². The van der Waals surface area contributed by atoms with Gasteiger partial charge in [0.2, 0.25) is 5.91 Å². The Bertz CT molecular complexity index is 1380. The number of hydrogen-bond donors (Lipinski definition) is 1. The molecule has 4 rings (SSSR count). The average molecular weight is 486 g/mol. The summed E-state index contributed by atoms with van der Waals surface area (Å²) in [5, 5.41) is 14.6. The number of nitrogens with zero attached hydrogens (tertiary/aromatic N) is 2. The number of nitriles is 1. The van der Waals surface area contributed by atoms with Gasteiger partial charge in [-0.1, -0.05) is 18.2 Å². The number of anilines is 1. The second kappa shape index (κ2) is 11.2. The number of amides is 1. The van der Waals surface area contributed by atoms with Crippen molar-refractivity contribution >= 4 is 22.9 Å². The summed E-state index contributed by atoms with van der Waals surface area (Å²) in [6.45, 7) is 0.324. The zero-order valence-electron chi connectivity index (χ0n) is 19.3. The molecule has 1 N–H and O–H groups in total. The second-order valence-electron chi connectivity index (χ2n) is 7.57. The van der Waals surface area contributed by atoms with Crippen molar-refractivity contribution in [2.45, 2.75) is 13.0 Å². The fraction of sp³-hybridized carbons (Fsp3) is 0.148. The average Bonchev–Trinajstić information content (AvgIpc) is 3.35. The number of aromatic nitrogens is 1. The van der Waals surface area contributed by atoms with Gasteiger partial charge in [0.15, 0.2) is 11.5 Å². The van der Waals surface area contributed by atoms with Crippen LogP contribution in [0.3, 0.4) is 0 Å². The van der Waals surface area contributed by atoms with E-state index >= 15 is 0 Å². The number of methoxy groups -OCH3 is 2. The number of carbonyl (C=O) groups is 1. The summed E-state index contributed by atoms with van der Waals surface area (Å²) in [6, 6.07) is 22.2. The molecule has 4 aromatic rings. The Morgan fingerprint density at radius 3 is 2.66 bits per heavy atom. The monoisotopic (exact) mass is 485 g/mol. The van der Waals surface area contributed by atoms with E-state index in [2.05, 4.69) is 16.4 Å². The molecular weight excluding hydrogens is 462 g/mol. The minimum absolute atomic E-state index is 0.149. The van der Waals surface area contributed by atoms with Gasteiger partial charge in [-0.15, -0.1) is 11.3 Å². The van der Waals surface area contributed by atoms with Crippen LogP contribution in [-0.2, 0) is 17.8 Å². The molecule has 8 heteroatoms. The Balaban J connectivity index is 1.36. The summed E-state index contributed by atoms with van der Waals surface area (Å²) in [4.78, 5) is 17.2. The van der Waals surface area contributed by atoms with E-state index in [4.69, 9.17) is 19.5 Å². The van der Waals surface area contributed by atoms with Crippen LogP contribution in [0.2, 0.25) is 0 Å². The molecule has 0 atom stereocenters. The number of nitrogens with one attached hydrogen (secondary N) is 1. The van der Waals surface area contributed by atoms with Crippen LogP contribution in [0, 0.1) is 11.3 Å². The maximum atomic E-state index is 12.6. The first-order chi connectivity index (χ1) is 17.1. The molecule has 1 aromatic heterocycles. The largest absolute Gasteiger partial charge is 0.493 e. The minimum atomic E-state index is -0.173. The van der Waals surface area contributed by atoms with E-state index < -0.39 is 0 Å². The van der Waals surface area contributed by atoms with Crippen LogP contribution >= 0.6 is 11.3 Å². The molecule has 0 aliphatic rings. The predicted octanol–water partition coefficient (Wildman–Crippen LogP) is 5.46. The molecule has 0 aliphatic heterocycles. The number of carbonyl (C=O) groups excluding carboxylic acids is 1. The molecule has 176 valence electrons. The van der Waals surface area contributed by atoms with E-state index in [1.165, 1.54) is 11.3 Å². The van der Waals surface area contributed by atoms with Gasteiger partial charge in [-0.3, -0.25) is 4.79 Å². The quantitative estimate of drug-likeness (QED) is 0.338. The highest BCUT2D eigenvalue weighted by molar-refractivity contribution is 7.13. The van der Waals surface area contributed by atoms with E-state index in [1.807, 2.05) is 47.8 Å². The first kappa shape index (κ1) is 23.8. The fourth-order valence-electron chi connectivity index (χ4n) is 3.42. The molecule has 0 aliphatic carbocycles. The highest BCUT2D eigenvalue weighted by Crippen LogP contribution is 2.33. The van der Waals surface area contributed by atoms with Crippen LogP contribution in [0.1, 0.15) is 16.8 Å². The molecule has 7 nitrogen and oxygen atoms in total. The van der Waals surface area contributed by atoms with Gasteiger partial charge in [-0.2, -0.15) is 5.26 Å². The lowest BCUT2D eigenvalue weighted by molar-refractivity contribution is -0.115. The normalized spacial score (nSPS) is 10.3. The van der Waals surface area contributed by atoms with Crippen molar-refractivity contribution in [1.82, 2.24) is 4.98 Å². The maximum Gasteiger partial charge on any atom is 0.230 e. The van der Waals surface area contributed by atoms with Crippen LogP contribution in [-0.4, -0.2) is 25.1 Å². The molecule has 35 heavy (non-hydrogen) atoms. The van der Waals surface area contributed by atoms with Crippen molar-refractivity contribution in [3.05, 3.63) is 88.9 Å². The van der Waals surface area contributed by atoms with Crippen molar-refractivity contribution in [2.24, 2.45) is 0 Å². The van der Waals surface area contributed by atoms with Crippen LogP contribution in [0.15, 0.2) is 72.1 Å². The van der Waals surface area contributed by atoms with E-state index in [0.29, 0.717) is 40.8 Å². The molecule has 3 aromatic carbocycles. The minimum Gasteiger partial charge on any atom is -0.493 e. The zero-order chi connectivity index (χ0) is 24.6. The van der Waals surface area contributed by atoms with Crippen LogP contribution in [0.25, 0.3) is 10.6 Å². The predicted molar refractivity (Wildman–Crippen MR) is 135 cm³/mol. The summed E-state index contributed by atoms with van der Waals surface area (Å²) in [6.07, 6.45) is 0.149. The lowest BCUT2D eigenvalue weighted by atomic mass is 10.1. The van der Waals surface area contributed by atoms with Crippen molar-refractivity contribution in [3.63, 3.8) is 0 Å². The van der Waals surface area contributed by atoms with Crippen LogP contribution < -0.4 is 19.5 Å². The van der Waals surface area contributed by atoms with Crippen LogP contribution in [0.4, 0.5) is 5.69 Å². The van der Waals surface area contributed by atoms with Gasteiger partial charge >= 0.3 is 0 Å². The van der Waals surface area contributed by atoms with Gasteiger partial charge in [-0.25, -0.2) is 4.98 Å². The number of benzene rings is 3. The van der Waals surface area contributed by atoms with Gasteiger partial charge in [-0.05, 0) is 48.0 Å². The molecule has 1 heterocycles. The van der Waals surface area contributed by atoms with Gasteiger partial charge in [0.1, 0.15) is 17.4 Å². The van der Waals surface area contributed by atoms with Crippen LogP contribution in [0.5, 0.6) is 17.2 Å². The third-order valence-corrected chi connectivity index (χ3v) is 6.04. The van der Waals surface area contributed by atoms with E-state index in [0.717, 1.165) is 16.1 Å². The molecule has 0 unspecified atom stereocenters. The summed E-state index contributed by atoms with van der Waals surface area (Å²) in [7, 11) is 3.18. The molecule has 0 fully saturated rings. The first-order valence-electron chi connectivity index (χ1n) is 10.8. The SMILES string of the molecule is COc1ccc(-c2nc(CC(=O)Nc3cccc(OCc4cccc(C#N)c4)c3)cs2)cc1OC. The fourth-order valence-corrected chi connectivity index (χ4v) is 4.24. The lowest BCUT2D eigenvalue weighted by Gasteiger charge is -2.09. The van der Waals surface area contributed by atoms with E-state index in [9.17, 15) is 4.79 Å². The van der Waals surface area contributed by atoms with Crippen molar-refractivity contribution < 1.29 is 19.0 Å². The Hall–Kier alpha value is -4.35. The van der Waals surface area contributed by atoms with E-state index in [-0.39, 0.29) is 12.3 Å². The number of thiazole rings is 1. The first-order valence-corrected chi connectivity index (χ1v) is 11.6. The molecule has 0 saturated carbocycles. The third-order valence-electron chi connectivity index (χ3n) is 5.10. The molecule has 0 radical (unpaired) electrons. The Morgan fingerprint density at radius 1 is 1.03 bits per heavy atom. The number of ether oxygens (including phenoxy) is 3. The molecule has 1 amide bonds. The maximum absolute atomic E-state index is 12.6. The number of rotatable bonds is 9. The summed E-state index contributed by atoms with van der Waals surface area (Å²) in [5.74, 6) is 1.72. The third kappa shape index (κ3) is 6.16. The molecule has 0 saturated heterocycles. The summed E-state index contributed by atoms with van der Waals surface area (Å²) in [5.41, 5.74) is 3.69. The standard InChI is InChI=1S/C27H23N3O4S/c1-32-24-10-9-20(12-25(24)33-2)27-30-22(17-35-27)14-26(31)29-21-7-4-8-23(13-21)34-16-19-6-3-5-18(11-19)15-28/h3-13,17H,14,16H2,1-2H3,(H,29,31). The second-order valence-corrected chi connectivity index (χ2v) is 8.43. The molecular formula is C27H23N3O4S. The van der Waals surface area contributed by atoms with Gasteiger partial charge in [0.05, 0.1) is 38.0 Å². The Kier molecular flexibility index (Phi) is 7.60.